The van der Waals surface area contributed by atoms with Gasteiger partial charge in [0, 0.05) is 29.2 Å². The third kappa shape index (κ3) is 5.01. The number of hydrogen-bond acceptors (Lipinski definition) is 6. The number of carbonyl (C=O) groups excluding carboxylic acids is 1. The van der Waals surface area contributed by atoms with E-state index in [1.807, 2.05) is 72.8 Å². The van der Waals surface area contributed by atoms with Crippen molar-refractivity contribution in [1.82, 2.24) is 24.8 Å². The van der Waals surface area contributed by atoms with Gasteiger partial charge in [-0.1, -0.05) is 38.1 Å². The first-order chi connectivity index (χ1) is 17.1. The highest BCUT2D eigenvalue weighted by Crippen LogP contribution is 2.23. The zero-order valence-corrected chi connectivity index (χ0v) is 19.4. The molecule has 3 heterocycles. The number of anilines is 1. The van der Waals surface area contributed by atoms with Crippen molar-refractivity contribution in [2.75, 3.05) is 11.9 Å². The highest BCUT2D eigenvalue weighted by atomic mass is 16.5. The fourth-order valence-electron chi connectivity index (χ4n) is 3.67. The van der Waals surface area contributed by atoms with Crippen molar-refractivity contribution in [1.29, 1.82) is 0 Å². The average molecular weight is 465 g/mol. The number of aromatic nitrogens is 5. The van der Waals surface area contributed by atoms with E-state index in [4.69, 9.17) is 9.84 Å². The van der Waals surface area contributed by atoms with E-state index in [9.17, 15) is 4.79 Å². The number of amides is 1. The minimum absolute atomic E-state index is 0.0787. The SMILES string of the molecule is CC(C)c1ccc(OCC(=O)Nc2cccc(-c3ccc4nnc(-c5cccnc5)n4n3)c2)cc1. The third-order valence-corrected chi connectivity index (χ3v) is 5.54. The topological polar surface area (TPSA) is 94.3 Å². The van der Waals surface area contributed by atoms with Gasteiger partial charge in [0.15, 0.2) is 18.1 Å². The molecule has 1 N–H and O–H groups in total. The van der Waals surface area contributed by atoms with Crippen LogP contribution in [0.5, 0.6) is 5.75 Å². The van der Waals surface area contributed by atoms with Crippen LogP contribution in [0.1, 0.15) is 25.3 Å². The van der Waals surface area contributed by atoms with E-state index in [0.29, 0.717) is 28.8 Å². The van der Waals surface area contributed by atoms with Gasteiger partial charge in [-0.05, 0) is 60.0 Å². The second-order valence-electron chi connectivity index (χ2n) is 8.40. The number of benzene rings is 2. The van der Waals surface area contributed by atoms with Crippen LogP contribution >= 0.6 is 0 Å². The summed E-state index contributed by atoms with van der Waals surface area (Å²) in [6.45, 7) is 4.19. The molecular formula is C27H24N6O2. The zero-order valence-electron chi connectivity index (χ0n) is 19.4. The first-order valence-corrected chi connectivity index (χ1v) is 11.3. The second kappa shape index (κ2) is 9.72. The predicted octanol–water partition coefficient (Wildman–Crippen LogP) is 4.99. The van der Waals surface area contributed by atoms with Crippen molar-refractivity contribution in [3.05, 3.63) is 90.8 Å². The Labute approximate surface area is 202 Å². The quantitative estimate of drug-likeness (QED) is 0.365. The molecule has 5 rings (SSSR count). The Morgan fingerprint density at radius 2 is 1.80 bits per heavy atom. The number of pyridine rings is 1. The molecule has 0 aliphatic heterocycles. The van der Waals surface area contributed by atoms with Crippen molar-refractivity contribution in [3.8, 4) is 28.4 Å². The Balaban J connectivity index is 1.30. The average Bonchev–Trinajstić information content (AvgIpc) is 3.32. The van der Waals surface area contributed by atoms with Gasteiger partial charge < -0.3 is 10.1 Å². The van der Waals surface area contributed by atoms with Crippen molar-refractivity contribution < 1.29 is 9.53 Å². The molecule has 2 aromatic carbocycles. The Hall–Kier alpha value is -4.59. The summed E-state index contributed by atoms with van der Waals surface area (Å²) in [4.78, 5) is 16.6. The van der Waals surface area contributed by atoms with E-state index in [-0.39, 0.29) is 12.5 Å². The van der Waals surface area contributed by atoms with E-state index in [0.717, 1.165) is 16.8 Å². The van der Waals surface area contributed by atoms with Crippen LogP contribution in [0.3, 0.4) is 0 Å². The van der Waals surface area contributed by atoms with Crippen molar-refractivity contribution in [2.45, 2.75) is 19.8 Å². The van der Waals surface area contributed by atoms with Crippen LogP contribution in [-0.2, 0) is 4.79 Å². The fourth-order valence-corrected chi connectivity index (χ4v) is 3.67. The molecule has 8 nitrogen and oxygen atoms in total. The lowest BCUT2D eigenvalue weighted by atomic mass is 10.0. The minimum Gasteiger partial charge on any atom is -0.484 e. The van der Waals surface area contributed by atoms with Crippen LogP contribution in [0.25, 0.3) is 28.3 Å². The lowest BCUT2D eigenvalue weighted by Gasteiger charge is -2.10. The smallest absolute Gasteiger partial charge is 0.262 e. The summed E-state index contributed by atoms with van der Waals surface area (Å²) in [5.74, 6) is 1.48. The van der Waals surface area contributed by atoms with Gasteiger partial charge in [-0.15, -0.1) is 10.2 Å². The standard InChI is InChI=1S/C27H24N6O2/c1-18(2)19-8-10-23(11-9-19)35-17-26(34)29-22-7-3-5-20(15-22)24-12-13-25-30-31-27(33(25)32-24)21-6-4-14-28-16-21/h3-16,18H,17H2,1-2H3,(H,29,34). The van der Waals surface area contributed by atoms with Crippen LogP contribution in [-0.4, -0.2) is 37.3 Å². The van der Waals surface area contributed by atoms with Gasteiger partial charge in [-0.2, -0.15) is 9.61 Å². The van der Waals surface area contributed by atoms with Crippen molar-refractivity contribution in [2.24, 2.45) is 0 Å². The van der Waals surface area contributed by atoms with E-state index in [1.165, 1.54) is 5.56 Å². The molecule has 8 heteroatoms. The molecule has 1 amide bonds. The summed E-state index contributed by atoms with van der Waals surface area (Å²) in [7, 11) is 0. The number of nitrogens with one attached hydrogen (secondary N) is 1. The summed E-state index contributed by atoms with van der Waals surface area (Å²) in [6.07, 6.45) is 3.43. The fraction of sp³-hybridized carbons (Fsp3) is 0.148. The van der Waals surface area contributed by atoms with Crippen LogP contribution in [0.15, 0.2) is 85.2 Å². The van der Waals surface area contributed by atoms with Crippen molar-refractivity contribution >= 4 is 17.2 Å². The van der Waals surface area contributed by atoms with Gasteiger partial charge in [-0.25, -0.2) is 0 Å². The molecule has 0 fully saturated rings. The van der Waals surface area contributed by atoms with Gasteiger partial charge in [-0.3, -0.25) is 9.78 Å². The lowest BCUT2D eigenvalue weighted by Crippen LogP contribution is -2.20. The largest absolute Gasteiger partial charge is 0.484 e. The molecule has 5 aromatic rings. The van der Waals surface area contributed by atoms with Gasteiger partial charge in [0.2, 0.25) is 0 Å². The molecule has 0 saturated heterocycles. The molecule has 0 spiro atoms. The summed E-state index contributed by atoms with van der Waals surface area (Å²) in [5.41, 5.74) is 4.91. The molecule has 174 valence electrons. The number of carbonyl (C=O) groups is 1. The van der Waals surface area contributed by atoms with E-state index in [2.05, 4.69) is 34.3 Å². The van der Waals surface area contributed by atoms with Crippen LogP contribution in [0, 0.1) is 0 Å². The number of ether oxygens (including phenoxy) is 1. The second-order valence-corrected chi connectivity index (χ2v) is 8.40. The Bertz CT molecular complexity index is 1460. The van der Waals surface area contributed by atoms with E-state index >= 15 is 0 Å². The van der Waals surface area contributed by atoms with Crippen molar-refractivity contribution in [3.63, 3.8) is 0 Å². The van der Waals surface area contributed by atoms with Gasteiger partial charge in [0.25, 0.3) is 5.91 Å². The lowest BCUT2D eigenvalue weighted by molar-refractivity contribution is -0.118. The Morgan fingerprint density at radius 3 is 2.57 bits per heavy atom. The molecule has 0 atom stereocenters. The number of hydrogen-bond donors (Lipinski definition) is 1. The molecule has 3 aromatic heterocycles. The van der Waals surface area contributed by atoms with Crippen LogP contribution in [0.2, 0.25) is 0 Å². The maximum absolute atomic E-state index is 12.5. The first kappa shape index (κ1) is 22.2. The normalized spacial score (nSPS) is 11.1. The molecule has 0 radical (unpaired) electrons. The van der Waals surface area contributed by atoms with Gasteiger partial charge in [0.05, 0.1) is 5.69 Å². The van der Waals surface area contributed by atoms with Crippen LogP contribution < -0.4 is 10.1 Å². The van der Waals surface area contributed by atoms with E-state index in [1.54, 1.807) is 16.9 Å². The molecule has 0 saturated carbocycles. The van der Waals surface area contributed by atoms with Gasteiger partial charge in [0.1, 0.15) is 5.75 Å². The molecule has 0 aliphatic rings. The Kier molecular flexibility index (Phi) is 6.17. The zero-order chi connectivity index (χ0) is 24.2. The number of nitrogens with zero attached hydrogens (tertiary/aromatic N) is 5. The van der Waals surface area contributed by atoms with Gasteiger partial charge >= 0.3 is 0 Å². The maximum Gasteiger partial charge on any atom is 0.262 e. The van der Waals surface area contributed by atoms with E-state index < -0.39 is 0 Å². The summed E-state index contributed by atoms with van der Waals surface area (Å²) in [5, 5.41) is 16.1. The first-order valence-electron chi connectivity index (χ1n) is 11.3. The monoisotopic (exact) mass is 464 g/mol. The highest BCUT2D eigenvalue weighted by molar-refractivity contribution is 5.92. The molecule has 0 aliphatic carbocycles. The molecule has 0 bridgehead atoms. The summed E-state index contributed by atoms with van der Waals surface area (Å²) in [6, 6.07) is 22.8. The molecule has 0 unspecified atom stereocenters. The molecular weight excluding hydrogens is 440 g/mol. The minimum atomic E-state index is -0.240. The maximum atomic E-state index is 12.5. The number of fused-ring (bicyclic) bond motifs is 1. The Morgan fingerprint density at radius 1 is 0.971 bits per heavy atom. The summed E-state index contributed by atoms with van der Waals surface area (Å²) >= 11 is 0. The highest BCUT2D eigenvalue weighted by Gasteiger charge is 2.12. The predicted molar refractivity (Wildman–Crippen MR) is 134 cm³/mol. The molecule has 35 heavy (non-hydrogen) atoms. The third-order valence-electron chi connectivity index (χ3n) is 5.54. The van der Waals surface area contributed by atoms with Crippen LogP contribution in [0.4, 0.5) is 5.69 Å². The summed E-state index contributed by atoms with van der Waals surface area (Å²) < 4.78 is 7.33. The number of rotatable bonds is 7.